The molecule has 5 nitrogen and oxygen atoms in total. The number of ether oxygens (including phenoxy) is 1. The zero-order chi connectivity index (χ0) is 58.4. The van der Waals surface area contributed by atoms with E-state index in [0.29, 0.717) is 6.67 Å². The molecule has 84 heavy (non-hydrogen) atoms. The third-order valence-electron chi connectivity index (χ3n) is 18.6. The van der Waals surface area contributed by atoms with E-state index in [4.69, 9.17) is 9.72 Å². The zero-order valence-corrected chi connectivity index (χ0v) is 53.2. The van der Waals surface area contributed by atoms with Gasteiger partial charge in [0.25, 0.3) is 0 Å². The van der Waals surface area contributed by atoms with Gasteiger partial charge < -0.3 is 0 Å². The van der Waals surface area contributed by atoms with Gasteiger partial charge in [0.2, 0.25) is 0 Å². The van der Waals surface area contributed by atoms with Crippen molar-refractivity contribution in [2.75, 3.05) is 16.5 Å². The first-order chi connectivity index (χ1) is 40.1. The van der Waals surface area contributed by atoms with Gasteiger partial charge in [0.1, 0.15) is 0 Å². The summed E-state index contributed by atoms with van der Waals surface area (Å²) in [7, 11) is 0. The van der Waals surface area contributed by atoms with E-state index in [2.05, 4.69) is 304 Å². The number of aromatic nitrogens is 2. The van der Waals surface area contributed by atoms with Crippen molar-refractivity contribution in [2.45, 2.75) is 112 Å². The second-order valence-corrected chi connectivity index (χ2v) is 35.8. The first-order valence-electron chi connectivity index (χ1n) is 30.2. The van der Waals surface area contributed by atoms with Gasteiger partial charge in [0, 0.05) is 0 Å². The molecule has 0 unspecified atom stereocenters. The number of para-hydroxylation sites is 2. The Morgan fingerprint density at radius 3 is 1.62 bits per heavy atom. The van der Waals surface area contributed by atoms with Crippen molar-refractivity contribution in [2.24, 2.45) is 0 Å². The van der Waals surface area contributed by atoms with E-state index in [1.54, 1.807) is 0 Å². The molecule has 1 spiro atoms. The second kappa shape index (κ2) is 19.2. The van der Waals surface area contributed by atoms with Gasteiger partial charge in [-0.15, -0.1) is 0 Å². The molecule has 0 fully saturated rings. The molecule has 0 bridgehead atoms. The van der Waals surface area contributed by atoms with Gasteiger partial charge in [-0.2, -0.15) is 0 Å². The summed E-state index contributed by atoms with van der Waals surface area (Å²) in [6.45, 7) is 31.2. The fraction of sp³-hybridized carbons (Fsp3) is 0.234. The molecule has 0 amide bonds. The molecular weight excluding hydrogens is 1080 g/mol. The molecule has 3 aliphatic heterocycles. The van der Waals surface area contributed by atoms with Crippen molar-refractivity contribution in [3.8, 4) is 39.6 Å². The topological polar surface area (TPSA) is 33.5 Å². The van der Waals surface area contributed by atoms with Crippen LogP contribution in [-0.2, 0) is 21.7 Å². The van der Waals surface area contributed by atoms with Gasteiger partial charge in [-0.05, 0) is 56.2 Å². The van der Waals surface area contributed by atoms with Crippen molar-refractivity contribution in [3.05, 3.63) is 229 Å². The molecule has 0 saturated heterocycles. The number of nitrogens with zero attached hydrogens (tertiary/aromatic N) is 4. The number of rotatable bonds is 7. The standard InChI is InChI=1S/C77H75BGeN4O/c1-74(2,3)51-37-38-80-70(44-51)83-68-36-24-33-64-71(68)72-65(79(64)62-31-19-17-29-60(62)78(13)61-30-18-20-32-63(61)79)46-57(47-69(72)83)84-56-28-23-27-55(45-56)81-48-82(67-35-22-21-34-66(67)81)73-58(49-25-15-14-16-26-49)42-54(77(10,11)12)43-59(73)50-39-52(75(4,5)6)41-53(40-50)76(7,8)9/h14-47H,48H2,1-13H3. The molecule has 416 valence electrons. The SMILES string of the molecule is CB1c2cccc[c]2[Ge]2([c]3ccccc31)[c]1cccc3c1c1[c]2cc(Oc2cccc(N4CN(c5c(-c6ccccc6)cc(C(C)(C)C)cc5-c5cc(C(C)(C)C)cc(C(C)(C)C)c5)c5ccccc54)c2)cc1n3-c1cc(C(C)(C)C)ccn1. The van der Waals surface area contributed by atoms with Crippen LogP contribution in [0.4, 0.5) is 22.7 Å². The molecule has 0 saturated carbocycles. The fourth-order valence-electron chi connectivity index (χ4n) is 14.1. The Morgan fingerprint density at radius 2 is 0.976 bits per heavy atom. The van der Waals surface area contributed by atoms with E-state index in [-0.39, 0.29) is 28.4 Å². The van der Waals surface area contributed by atoms with E-state index in [9.17, 15) is 0 Å². The molecule has 2 aromatic heterocycles. The van der Waals surface area contributed by atoms with E-state index in [1.165, 1.54) is 95.0 Å². The predicted molar refractivity (Wildman–Crippen MR) is 361 cm³/mol. The summed E-state index contributed by atoms with van der Waals surface area (Å²) < 4.78 is 15.8. The summed E-state index contributed by atoms with van der Waals surface area (Å²) in [6.07, 6.45) is 1.99. The van der Waals surface area contributed by atoms with Crippen LogP contribution < -0.4 is 43.0 Å². The fourth-order valence-corrected chi connectivity index (χ4v) is 26.4. The molecule has 0 N–H and O–H groups in total. The van der Waals surface area contributed by atoms with Crippen LogP contribution in [0.2, 0.25) is 6.82 Å². The number of fused-ring (bicyclic) bond motifs is 7. The molecule has 9 aromatic carbocycles. The third-order valence-corrected chi connectivity index (χ3v) is 29.0. The maximum atomic E-state index is 7.44. The van der Waals surface area contributed by atoms with E-state index in [0.717, 1.165) is 39.9 Å². The normalized spacial score (nSPS) is 14.5. The van der Waals surface area contributed by atoms with E-state index in [1.807, 2.05) is 6.20 Å². The summed E-state index contributed by atoms with van der Waals surface area (Å²) in [5.74, 6) is 2.54. The number of hydrogen-bond acceptors (Lipinski definition) is 4. The Labute approximate surface area is 500 Å². The van der Waals surface area contributed by atoms with Crippen molar-refractivity contribution >= 4 is 93.0 Å². The molecule has 14 rings (SSSR count). The molecule has 3 aliphatic rings. The Kier molecular flexibility index (Phi) is 12.3. The molecule has 5 heterocycles. The average molecular weight is 1160 g/mol. The van der Waals surface area contributed by atoms with Crippen LogP contribution in [0.1, 0.15) is 105 Å². The first-order valence-corrected chi connectivity index (χ1v) is 34.4. The summed E-state index contributed by atoms with van der Waals surface area (Å²) >= 11 is -3.72. The Morgan fingerprint density at radius 1 is 0.429 bits per heavy atom. The van der Waals surface area contributed by atoms with Crippen molar-refractivity contribution in [1.82, 2.24) is 9.55 Å². The number of hydrogen-bond donors (Lipinski definition) is 0. The van der Waals surface area contributed by atoms with Crippen LogP contribution in [-0.4, -0.2) is 36.2 Å². The second-order valence-electron chi connectivity index (χ2n) is 28.1. The van der Waals surface area contributed by atoms with Gasteiger partial charge in [0.05, 0.1) is 0 Å². The minimum absolute atomic E-state index is 0.0554. The Hall–Kier alpha value is -8.06. The van der Waals surface area contributed by atoms with Crippen LogP contribution in [0.5, 0.6) is 11.5 Å². The quantitative estimate of drug-likeness (QED) is 0.149. The molecule has 0 aliphatic carbocycles. The van der Waals surface area contributed by atoms with Crippen LogP contribution >= 0.6 is 0 Å². The van der Waals surface area contributed by atoms with E-state index < -0.39 is 13.3 Å². The summed E-state index contributed by atoms with van der Waals surface area (Å²) in [5, 5.41) is 2.70. The molecule has 11 aromatic rings. The third kappa shape index (κ3) is 8.51. The van der Waals surface area contributed by atoms with Gasteiger partial charge in [-0.1, -0.05) is 111 Å². The number of anilines is 4. The number of benzene rings is 9. The van der Waals surface area contributed by atoms with Crippen LogP contribution in [0, 0.1) is 0 Å². The van der Waals surface area contributed by atoms with Gasteiger partial charge in [0.15, 0.2) is 0 Å². The monoisotopic (exact) mass is 1160 g/mol. The van der Waals surface area contributed by atoms with Crippen LogP contribution in [0.3, 0.4) is 0 Å². The Balaban J connectivity index is 0.940. The Bertz CT molecular complexity index is 4390. The van der Waals surface area contributed by atoms with Crippen LogP contribution in [0.25, 0.3) is 49.9 Å². The zero-order valence-electron chi connectivity index (χ0n) is 51.1. The van der Waals surface area contributed by atoms with E-state index >= 15 is 0 Å². The predicted octanol–water partition coefficient (Wildman–Crippen LogP) is 16.0. The van der Waals surface area contributed by atoms with Gasteiger partial charge in [-0.25, -0.2) is 0 Å². The molecule has 7 heteroatoms. The maximum absolute atomic E-state index is 7.44. The molecule has 0 radical (unpaired) electrons. The first kappa shape index (κ1) is 53.9. The van der Waals surface area contributed by atoms with Gasteiger partial charge in [-0.3, -0.25) is 0 Å². The van der Waals surface area contributed by atoms with Crippen molar-refractivity contribution in [1.29, 1.82) is 0 Å². The van der Waals surface area contributed by atoms with Crippen molar-refractivity contribution < 1.29 is 4.74 Å². The molecular formula is C77H75BGeN4O. The number of pyridine rings is 1. The van der Waals surface area contributed by atoms with Crippen LogP contribution in [0.15, 0.2) is 206 Å². The minimum atomic E-state index is -3.72. The van der Waals surface area contributed by atoms with Gasteiger partial charge >= 0.3 is 337 Å². The van der Waals surface area contributed by atoms with Crippen molar-refractivity contribution in [3.63, 3.8) is 0 Å². The summed E-state index contributed by atoms with van der Waals surface area (Å²) in [5.41, 5.74) is 19.6. The molecule has 0 atom stereocenters. The average Bonchev–Trinajstić information content (AvgIpc) is 1.50. The summed E-state index contributed by atoms with van der Waals surface area (Å²) in [6, 6.07) is 76.1. The summed E-state index contributed by atoms with van der Waals surface area (Å²) in [4.78, 5) is 10.2.